The molecule has 2 aromatic rings. The van der Waals surface area contributed by atoms with Crippen LogP contribution in [0.1, 0.15) is 5.76 Å². The lowest BCUT2D eigenvalue weighted by Crippen LogP contribution is -2.34. The summed E-state index contributed by atoms with van der Waals surface area (Å²) in [5.74, 6) is 0.680. The fourth-order valence-corrected chi connectivity index (χ4v) is 2.40. The molecule has 0 aromatic carbocycles. The van der Waals surface area contributed by atoms with Crippen molar-refractivity contribution >= 4 is 23.6 Å². The number of amides is 2. The number of nitrogens with two attached hydrogens (primary N) is 1. The lowest BCUT2D eigenvalue weighted by molar-refractivity contribution is -0.123. The molecular weight excluding hydrogens is 294 g/mol. The van der Waals surface area contributed by atoms with Crippen LogP contribution in [0.15, 0.2) is 21.9 Å². The van der Waals surface area contributed by atoms with Gasteiger partial charge in [0.05, 0.1) is 24.1 Å². The zero-order valence-corrected chi connectivity index (χ0v) is 12.4. The lowest BCUT2D eigenvalue weighted by atomic mass is 10.2. The van der Waals surface area contributed by atoms with Crippen molar-refractivity contribution in [1.82, 2.24) is 20.1 Å². The van der Waals surface area contributed by atoms with Crippen molar-refractivity contribution in [2.45, 2.75) is 12.1 Å². The normalized spacial score (nSPS) is 10.6. The molecular formula is C12H15N5O3S. The van der Waals surface area contributed by atoms with Gasteiger partial charge in [-0.25, -0.2) is 0 Å². The molecule has 0 fully saturated rings. The molecule has 0 atom stereocenters. The van der Waals surface area contributed by atoms with Crippen molar-refractivity contribution in [2.75, 3.05) is 12.3 Å². The topological polar surface area (TPSA) is 116 Å². The molecule has 9 heteroatoms. The minimum atomic E-state index is -0.579. The van der Waals surface area contributed by atoms with E-state index < -0.39 is 5.91 Å². The number of rotatable bonds is 6. The van der Waals surface area contributed by atoms with Crippen molar-refractivity contribution in [1.29, 1.82) is 0 Å². The van der Waals surface area contributed by atoms with Crippen LogP contribution in [0.25, 0.3) is 11.4 Å². The highest BCUT2D eigenvalue weighted by molar-refractivity contribution is 7.99. The first-order valence-electron chi connectivity index (χ1n) is 6.10. The second kappa shape index (κ2) is 6.44. The van der Waals surface area contributed by atoms with Crippen molar-refractivity contribution in [3.05, 3.63) is 18.1 Å². The summed E-state index contributed by atoms with van der Waals surface area (Å²) in [7, 11) is 1.81. The van der Waals surface area contributed by atoms with E-state index in [0.717, 1.165) is 11.3 Å². The van der Waals surface area contributed by atoms with E-state index in [4.69, 9.17) is 10.2 Å². The number of furan rings is 1. The quantitative estimate of drug-likeness (QED) is 0.730. The van der Waals surface area contributed by atoms with Crippen LogP contribution in [-0.2, 0) is 16.6 Å². The molecule has 0 bridgehead atoms. The molecule has 0 saturated carbocycles. The summed E-state index contributed by atoms with van der Waals surface area (Å²) in [6, 6.07) is 1.81. The Labute approximate surface area is 125 Å². The second-order valence-electron chi connectivity index (χ2n) is 4.29. The Morgan fingerprint density at radius 3 is 2.86 bits per heavy atom. The molecule has 8 nitrogen and oxygen atoms in total. The fraction of sp³-hybridized carbons (Fsp3) is 0.333. The summed E-state index contributed by atoms with van der Waals surface area (Å²) in [4.78, 5) is 22.1. The molecule has 2 aromatic heterocycles. The Bertz CT molecular complexity index is 664. The molecule has 0 aliphatic heterocycles. The zero-order valence-electron chi connectivity index (χ0n) is 11.6. The summed E-state index contributed by atoms with van der Waals surface area (Å²) in [5, 5.41) is 11.1. The molecule has 3 N–H and O–H groups in total. The maximum Gasteiger partial charge on any atom is 0.236 e. The molecule has 0 radical (unpaired) electrons. The van der Waals surface area contributed by atoms with Gasteiger partial charge in [-0.1, -0.05) is 11.8 Å². The maximum absolute atomic E-state index is 11.5. The number of carbonyl (C=O) groups is 2. The monoisotopic (exact) mass is 309 g/mol. The molecule has 2 amide bonds. The highest BCUT2D eigenvalue weighted by Gasteiger charge is 2.15. The van der Waals surface area contributed by atoms with E-state index in [9.17, 15) is 9.59 Å². The third-order valence-corrected chi connectivity index (χ3v) is 3.75. The molecule has 0 saturated heterocycles. The summed E-state index contributed by atoms with van der Waals surface area (Å²) in [5.41, 5.74) is 5.80. The third-order valence-electron chi connectivity index (χ3n) is 2.73. The Hall–Kier alpha value is -2.29. The Morgan fingerprint density at radius 1 is 1.48 bits per heavy atom. The van der Waals surface area contributed by atoms with Crippen molar-refractivity contribution < 1.29 is 14.0 Å². The first kappa shape index (κ1) is 15.1. The fourth-order valence-electron chi connectivity index (χ4n) is 1.66. The first-order chi connectivity index (χ1) is 9.99. The highest BCUT2D eigenvalue weighted by Crippen LogP contribution is 2.25. The van der Waals surface area contributed by atoms with Crippen LogP contribution in [0, 0.1) is 6.92 Å². The molecule has 0 spiro atoms. The van der Waals surface area contributed by atoms with Crippen LogP contribution in [0.5, 0.6) is 0 Å². The zero-order chi connectivity index (χ0) is 15.4. The number of aromatic nitrogens is 3. The van der Waals surface area contributed by atoms with Gasteiger partial charge in [0, 0.05) is 7.05 Å². The van der Waals surface area contributed by atoms with Gasteiger partial charge in [-0.2, -0.15) is 0 Å². The van der Waals surface area contributed by atoms with E-state index in [1.807, 2.05) is 20.0 Å². The van der Waals surface area contributed by atoms with E-state index in [1.165, 1.54) is 11.8 Å². The van der Waals surface area contributed by atoms with Crippen LogP contribution >= 0.6 is 11.8 Å². The van der Waals surface area contributed by atoms with E-state index in [1.54, 1.807) is 10.8 Å². The molecule has 0 unspecified atom stereocenters. The average Bonchev–Trinajstić information content (AvgIpc) is 3.00. The lowest BCUT2D eigenvalue weighted by Gasteiger charge is -2.03. The van der Waals surface area contributed by atoms with Gasteiger partial charge in [-0.15, -0.1) is 10.2 Å². The van der Waals surface area contributed by atoms with E-state index in [0.29, 0.717) is 11.0 Å². The van der Waals surface area contributed by atoms with Crippen LogP contribution in [0.4, 0.5) is 0 Å². The second-order valence-corrected chi connectivity index (χ2v) is 5.23. The minimum absolute atomic E-state index is 0.129. The van der Waals surface area contributed by atoms with Crippen LogP contribution < -0.4 is 11.1 Å². The Kier molecular flexibility index (Phi) is 4.63. The molecule has 0 aliphatic rings. The number of nitrogens with zero attached hydrogens (tertiary/aromatic N) is 3. The number of nitrogens with one attached hydrogen (secondary N) is 1. The van der Waals surface area contributed by atoms with Gasteiger partial charge in [0.25, 0.3) is 0 Å². The van der Waals surface area contributed by atoms with Crippen LogP contribution in [-0.4, -0.2) is 38.9 Å². The van der Waals surface area contributed by atoms with E-state index >= 15 is 0 Å². The molecule has 0 aliphatic carbocycles. The average molecular weight is 309 g/mol. The number of hydrogen-bond donors (Lipinski definition) is 2. The van der Waals surface area contributed by atoms with Crippen LogP contribution in [0.2, 0.25) is 0 Å². The Balaban J connectivity index is 2.00. The van der Waals surface area contributed by atoms with E-state index in [-0.39, 0.29) is 18.2 Å². The van der Waals surface area contributed by atoms with Gasteiger partial charge < -0.3 is 20.0 Å². The standard InChI is InChI=1S/C12H15N5O3S/c1-7-8(3-4-20-7)11-15-16-12(17(11)2)21-6-10(19)14-5-9(13)18/h3-4H,5-6H2,1-2H3,(H2,13,18)(H,14,19). The Morgan fingerprint density at radius 2 is 2.24 bits per heavy atom. The summed E-state index contributed by atoms with van der Waals surface area (Å²) in [6.45, 7) is 1.67. The van der Waals surface area contributed by atoms with Gasteiger partial charge in [0.1, 0.15) is 5.76 Å². The van der Waals surface area contributed by atoms with Crippen molar-refractivity contribution in [3.63, 3.8) is 0 Å². The smallest absolute Gasteiger partial charge is 0.236 e. The van der Waals surface area contributed by atoms with Gasteiger partial charge in [0.15, 0.2) is 11.0 Å². The molecule has 112 valence electrons. The third kappa shape index (κ3) is 3.63. The number of carbonyl (C=O) groups excluding carboxylic acids is 2. The van der Waals surface area contributed by atoms with Gasteiger partial charge in [-0.05, 0) is 13.0 Å². The predicted octanol–water partition coefficient (Wildman–Crippen LogP) is 0.0771. The summed E-state index contributed by atoms with van der Waals surface area (Å²) >= 11 is 1.23. The number of aryl methyl sites for hydroxylation is 1. The summed E-state index contributed by atoms with van der Waals surface area (Å²) in [6.07, 6.45) is 1.59. The van der Waals surface area contributed by atoms with Crippen molar-refractivity contribution in [3.8, 4) is 11.4 Å². The van der Waals surface area contributed by atoms with Gasteiger partial charge in [-0.3, -0.25) is 9.59 Å². The van der Waals surface area contributed by atoms with Crippen LogP contribution in [0.3, 0.4) is 0 Å². The molecule has 21 heavy (non-hydrogen) atoms. The first-order valence-corrected chi connectivity index (χ1v) is 7.09. The number of primary amides is 1. The highest BCUT2D eigenvalue weighted by atomic mass is 32.2. The molecule has 2 heterocycles. The largest absolute Gasteiger partial charge is 0.469 e. The van der Waals surface area contributed by atoms with Crippen molar-refractivity contribution in [2.24, 2.45) is 12.8 Å². The maximum atomic E-state index is 11.5. The minimum Gasteiger partial charge on any atom is -0.469 e. The van der Waals surface area contributed by atoms with Gasteiger partial charge in [0.2, 0.25) is 11.8 Å². The number of thioether (sulfide) groups is 1. The SMILES string of the molecule is Cc1occc1-c1nnc(SCC(=O)NCC(N)=O)n1C. The van der Waals surface area contributed by atoms with Gasteiger partial charge >= 0.3 is 0 Å². The molecule has 2 rings (SSSR count). The summed E-state index contributed by atoms with van der Waals surface area (Å²) < 4.78 is 7.02. The number of hydrogen-bond acceptors (Lipinski definition) is 6. The predicted molar refractivity (Wildman–Crippen MR) is 76.4 cm³/mol. The van der Waals surface area contributed by atoms with E-state index in [2.05, 4.69) is 15.5 Å².